The van der Waals surface area contributed by atoms with Crippen molar-refractivity contribution in [3.63, 3.8) is 0 Å². The van der Waals surface area contributed by atoms with Gasteiger partial charge in [0.25, 0.3) is 0 Å². The van der Waals surface area contributed by atoms with Crippen LogP contribution >= 0.6 is 35.0 Å². The fourth-order valence-corrected chi connectivity index (χ4v) is 2.74. The molecule has 1 heterocycles. The van der Waals surface area contributed by atoms with Crippen molar-refractivity contribution in [3.8, 4) is 0 Å². The van der Waals surface area contributed by atoms with Crippen LogP contribution in [0.2, 0.25) is 10.0 Å². The number of nitrogens with one attached hydrogen (secondary N) is 1. The van der Waals surface area contributed by atoms with E-state index in [1.54, 1.807) is 30.6 Å². The van der Waals surface area contributed by atoms with Gasteiger partial charge >= 0.3 is 0 Å². The fraction of sp³-hybridized carbons (Fsp3) is 0.214. The van der Waals surface area contributed by atoms with Gasteiger partial charge in [-0.15, -0.1) is 0 Å². The Bertz CT molecular complexity index is 610. The van der Waals surface area contributed by atoms with Gasteiger partial charge in [-0.1, -0.05) is 41.0 Å². The Morgan fingerprint density at radius 1 is 1.24 bits per heavy atom. The molecule has 0 unspecified atom stereocenters. The van der Waals surface area contributed by atoms with Crippen LogP contribution in [0.4, 0.5) is 0 Å². The van der Waals surface area contributed by atoms with Crippen LogP contribution < -0.4 is 5.32 Å². The van der Waals surface area contributed by atoms with Crippen LogP contribution in [-0.2, 0) is 11.2 Å². The molecule has 0 bridgehead atoms. The molecule has 0 fully saturated rings. The van der Waals surface area contributed by atoms with E-state index >= 15 is 0 Å². The highest BCUT2D eigenvalue weighted by Gasteiger charge is 2.05. The molecule has 2 rings (SSSR count). The first-order valence-corrected chi connectivity index (χ1v) is 8.00. The third-order valence-electron chi connectivity index (χ3n) is 2.61. The Morgan fingerprint density at radius 3 is 2.71 bits per heavy atom. The fourth-order valence-electron chi connectivity index (χ4n) is 1.60. The zero-order chi connectivity index (χ0) is 15.1. The summed E-state index contributed by atoms with van der Waals surface area (Å²) >= 11 is 13.2. The number of halogens is 2. The second kappa shape index (κ2) is 8.22. The van der Waals surface area contributed by atoms with Gasteiger partial charge in [-0.05, 0) is 30.2 Å². The van der Waals surface area contributed by atoms with Crippen molar-refractivity contribution in [1.29, 1.82) is 0 Å². The van der Waals surface area contributed by atoms with E-state index in [0.717, 1.165) is 5.56 Å². The summed E-state index contributed by atoms with van der Waals surface area (Å²) in [6.45, 7) is 0.524. The molecule has 0 atom stereocenters. The van der Waals surface area contributed by atoms with E-state index in [9.17, 15) is 4.79 Å². The lowest BCUT2D eigenvalue weighted by Gasteiger charge is -2.06. The van der Waals surface area contributed by atoms with Gasteiger partial charge in [-0.25, -0.2) is 9.97 Å². The molecule has 0 aliphatic heterocycles. The van der Waals surface area contributed by atoms with E-state index in [2.05, 4.69) is 15.3 Å². The SMILES string of the molecule is O=C(CSc1ncccn1)NCCc1ccc(Cl)cc1Cl. The van der Waals surface area contributed by atoms with E-state index in [1.165, 1.54) is 11.8 Å². The standard InChI is InChI=1S/C14H13Cl2N3OS/c15-11-3-2-10(12(16)8-11)4-7-17-13(20)9-21-14-18-5-1-6-19-14/h1-3,5-6,8H,4,7,9H2,(H,17,20). The molecule has 0 aliphatic carbocycles. The lowest BCUT2D eigenvalue weighted by atomic mass is 10.1. The van der Waals surface area contributed by atoms with Crippen molar-refractivity contribution < 1.29 is 4.79 Å². The first-order valence-electron chi connectivity index (χ1n) is 6.25. The second-order valence-electron chi connectivity index (χ2n) is 4.16. The van der Waals surface area contributed by atoms with Gasteiger partial charge in [0.2, 0.25) is 5.91 Å². The monoisotopic (exact) mass is 341 g/mol. The Balaban J connectivity index is 1.72. The number of nitrogens with zero attached hydrogens (tertiary/aromatic N) is 2. The molecule has 21 heavy (non-hydrogen) atoms. The van der Waals surface area contributed by atoms with Crippen LogP contribution in [0, 0.1) is 0 Å². The zero-order valence-electron chi connectivity index (χ0n) is 11.1. The molecule has 1 aromatic heterocycles. The molecule has 1 N–H and O–H groups in total. The van der Waals surface area contributed by atoms with Crippen LogP contribution in [-0.4, -0.2) is 28.2 Å². The molecule has 1 aromatic carbocycles. The third-order valence-corrected chi connectivity index (χ3v) is 4.07. The van der Waals surface area contributed by atoms with E-state index < -0.39 is 0 Å². The van der Waals surface area contributed by atoms with E-state index in [1.807, 2.05) is 6.07 Å². The first kappa shape index (κ1) is 16.1. The molecule has 0 saturated heterocycles. The molecule has 0 spiro atoms. The summed E-state index contributed by atoms with van der Waals surface area (Å²) in [5, 5.41) is 4.65. The molecule has 2 aromatic rings. The van der Waals surface area contributed by atoms with Crippen LogP contribution in [0.1, 0.15) is 5.56 Å². The van der Waals surface area contributed by atoms with E-state index in [-0.39, 0.29) is 5.91 Å². The van der Waals surface area contributed by atoms with Gasteiger partial charge < -0.3 is 5.32 Å². The number of carbonyl (C=O) groups is 1. The first-order chi connectivity index (χ1) is 10.1. The quantitative estimate of drug-likeness (QED) is 0.647. The predicted molar refractivity (Wildman–Crippen MR) is 85.9 cm³/mol. The highest BCUT2D eigenvalue weighted by Crippen LogP contribution is 2.21. The number of benzene rings is 1. The van der Waals surface area contributed by atoms with Crippen molar-refractivity contribution in [2.45, 2.75) is 11.6 Å². The number of rotatable bonds is 6. The lowest BCUT2D eigenvalue weighted by molar-refractivity contribution is -0.118. The summed E-state index contributed by atoms with van der Waals surface area (Å²) in [5.41, 5.74) is 0.959. The Hall–Kier alpha value is -1.30. The predicted octanol–water partition coefficient (Wildman–Crippen LogP) is 3.23. The summed E-state index contributed by atoms with van der Waals surface area (Å²) < 4.78 is 0. The molecular formula is C14H13Cl2N3OS. The van der Waals surface area contributed by atoms with Gasteiger partial charge in [0.1, 0.15) is 0 Å². The zero-order valence-corrected chi connectivity index (χ0v) is 13.4. The van der Waals surface area contributed by atoms with Gasteiger partial charge in [-0.2, -0.15) is 0 Å². The Labute approximate surface area is 137 Å². The average molecular weight is 342 g/mol. The van der Waals surface area contributed by atoms with Gasteiger partial charge in [0, 0.05) is 29.0 Å². The number of carbonyl (C=O) groups excluding carboxylic acids is 1. The number of hydrogen-bond donors (Lipinski definition) is 1. The minimum absolute atomic E-state index is 0.0578. The number of amides is 1. The van der Waals surface area contributed by atoms with E-state index in [4.69, 9.17) is 23.2 Å². The van der Waals surface area contributed by atoms with Crippen LogP contribution in [0.5, 0.6) is 0 Å². The summed E-state index contributed by atoms with van der Waals surface area (Å²) in [6, 6.07) is 7.08. The molecular weight excluding hydrogens is 329 g/mol. The lowest BCUT2D eigenvalue weighted by Crippen LogP contribution is -2.27. The molecule has 7 heteroatoms. The second-order valence-corrected chi connectivity index (χ2v) is 5.94. The molecule has 1 amide bonds. The normalized spacial score (nSPS) is 10.4. The number of thioether (sulfide) groups is 1. The topological polar surface area (TPSA) is 54.9 Å². The van der Waals surface area contributed by atoms with E-state index in [0.29, 0.717) is 33.9 Å². The van der Waals surface area contributed by atoms with Crippen molar-refractivity contribution >= 4 is 40.9 Å². The van der Waals surface area contributed by atoms with Crippen LogP contribution in [0.25, 0.3) is 0 Å². The highest BCUT2D eigenvalue weighted by atomic mass is 35.5. The molecule has 110 valence electrons. The summed E-state index contributed by atoms with van der Waals surface area (Å²) in [4.78, 5) is 19.8. The Kier molecular flexibility index (Phi) is 6.29. The summed E-state index contributed by atoms with van der Waals surface area (Å²) in [6.07, 6.45) is 3.96. The van der Waals surface area contributed by atoms with Crippen LogP contribution in [0.15, 0.2) is 41.8 Å². The van der Waals surface area contributed by atoms with Gasteiger partial charge in [0.15, 0.2) is 5.16 Å². The maximum Gasteiger partial charge on any atom is 0.230 e. The maximum absolute atomic E-state index is 11.7. The average Bonchev–Trinajstić information content (AvgIpc) is 2.48. The van der Waals surface area contributed by atoms with Crippen molar-refractivity contribution in [3.05, 3.63) is 52.3 Å². The minimum Gasteiger partial charge on any atom is -0.355 e. The number of aromatic nitrogens is 2. The summed E-state index contributed by atoms with van der Waals surface area (Å²) in [7, 11) is 0. The molecule has 0 saturated carbocycles. The number of hydrogen-bond acceptors (Lipinski definition) is 4. The molecule has 0 aliphatic rings. The maximum atomic E-state index is 11.7. The minimum atomic E-state index is -0.0578. The smallest absolute Gasteiger partial charge is 0.230 e. The van der Waals surface area contributed by atoms with Crippen molar-refractivity contribution in [1.82, 2.24) is 15.3 Å². The Morgan fingerprint density at radius 2 is 2.00 bits per heavy atom. The molecule has 4 nitrogen and oxygen atoms in total. The highest BCUT2D eigenvalue weighted by molar-refractivity contribution is 7.99. The van der Waals surface area contributed by atoms with Crippen molar-refractivity contribution in [2.24, 2.45) is 0 Å². The van der Waals surface area contributed by atoms with Crippen LogP contribution in [0.3, 0.4) is 0 Å². The van der Waals surface area contributed by atoms with Gasteiger partial charge in [-0.3, -0.25) is 4.79 Å². The molecule has 0 radical (unpaired) electrons. The largest absolute Gasteiger partial charge is 0.355 e. The third kappa shape index (κ3) is 5.53. The van der Waals surface area contributed by atoms with Crippen molar-refractivity contribution in [2.75, 3.05) is 12.3 Å². The summed E-state index contributed by atoms with van der Waals surface area (Å²) in [5.74, 6) is 0.232. The van der Waals surface area contributed by atoms with Gasteiger partial charge in [0.05, 0.1) is 5.75 Å².